The van der Waals surface area contributed by atoms with E-state index in [1.54, 1.807) is 23.8 Å². The molecule has 0 aromatic carbocycles. The summed E-state index contributed by atoms with van der Waals surface area (Å²) in [4.78, 5) is 35.5. The second-order valence-corrected chi connectivity index (χ2v) is 8.99. The number of piperidine rings is 1. The minimum Gasteiger partial charge on any atom is -0.486 e. The van der Waals surface area contributed by atoms with Gasteiger partial charge in [-0.2, -0.15) is 0 Å². The van der Waals surface area contributed by atoms with Gasteiger partial charge in [-0.3, -0.25) is 14.8 Å². The van der Waals surface area contributed by atoms with Crippen molar-refractivity contribution in [2.45, 2.75) is 39.0 Å². The monoisotopic (exact) mass is 497 g/mol. The van der Waals surface area contributed by atoms with Crippen LogP contribution in [-0.2, 0) is 17.9 Å². The topological polar surface area (TPSA) is 108 Å². The fraction of sp³-hybridized carbons (Fsp3) is 0.440. The highest BCUT2D eigenvalue weighted by Gasteiger charge is 2.22. The third-order valence-electron chi connectivity index (χ3n) is 6.49. The summed E-state index contributed by atoms with van der Waals surface area (Å²) in [6.45, 7) is 5.41. The molecule has 0 unspecified atom stereocenters. The van der Waals surface area contributed by atoms with E-state index in [1.165, 1.54) is 18.3 Å². The number of nitrogens with zero attached hydrogens (tertiary/aromatic N) is 4. The minimum absolute atomic E-state index is 0.00296. The average molecular weight is 498 g/mol. The Bertz CT molecular complexity index is 1320. The molecule has 1 fully saturated rings. The van der Waals surface area contributed by atoms with Crippen LogP contribution < -0.4 is 20.3 Å². The highest BCUT2D eigenvalue weighted by molar-refractivity contribution is 5.77. The molecule has 1 amide bonds. The third-order valence-corrected chi connectivity index (χ3v) is 6.49. The first kappa shape index (κ1) is 24.0. The Kier molecular flexibility index (Phi) is 6.99. The number of hydrogen-bond donors (Lipinski definition) is 1. The van der Waals surface area contributed by atoms with Gasteiger partial charge in [0.2, 0.25) is 0 Å². The van der Waals surface area contributed by atoms with Gasteiger partial charge in [0.25, 0.3) is 5.56 Å². The first-order chi connectivity index (χ1) is 17.5. The number of ether oxygens (including phenoxy) is 3. The standard InChI is InChI=1S/C25H28FN5O5/c1-16-10-23(32)31(20-11-17(26)13-28-24(16)20)7-6-30-4-2-18(3-5-30)29-25(33)36-15-19-12-21-22(14-27-19)35-9-8-34-21/h10-14,18H,2-9,15H2,1H3,(H,29,33). The molecule has 0 radical (unpaired) electrons. The summed E-state index contributed by atoms with van der Waals surface area (Å²) in [6, 6.07) is 4.62. The van der Waals surface area contributed by atoms with Gasteiger partial charge in [0, 0.05) is 50.4 Å². The van der Waals surface area contributed by atoms with E-state index < -0.39 is 11.9 Å². The smallest absolute Gasteiger partial charge is 0.407 e. The van der Waals surface area contributed by atoms with E-state index in [1.807, 2.05) is 0 Å². The van der Waals surface area contributed by atoms with Gasteiger partial charge < -0.3 is 29.0 Å². The Morgan fingerprint density at radius 1 is 1.11 bits per heavy atom. The van der Waals surface area contributed by atoms with Gasteiger partial charge in [0.05, 0.1) is 29.1 Å². The van der Waals surface area contributed by atoms with E-state index in [2.05, 4.69) is 20.2 Å². The highest BCUT2D eigenvalue weighted by atomic mass is 19.1. The van der Waals surface area contributed by atoms with Gasteiger partial charge in [-0.05, 0) is 25.3 Å². The molecule has 11 heteroatoms. The molecule has 0 spiro atoms. The van der Waals surface area contributed by atoms with Crippen LogP contribution in [0.2, 0.25) is 0 Å². The number of carbonyl (C=O) groups excluding carboxylic acids is 1. The molecular weight excluding hydrogens is 469 g/mol. The molecule has 1 N–H and O–H groups in total. The number of pyridine rings is 3. The van der Waals surface area contributed by atoms with Gasteiger partial charge in [0.1, 0.15) is 25.6 Å². The van der Waals surface area contributed by atoms with Crippen molar-refractivity contribution in [3.8, 4) is 11.5 Å². The molecule has 5 rings (SSSR count). The number of halogens is 1. The van der Waals surface area contributed by atoms with Crippen molar-refractivity contribution >= 4 is 17.1 Å². The third kappa shape index (κ3) is 5.40. The number of hydrogen-bond acceptors (Lipinski definition) is 8. The summed E-state index contributed by atoms with van der Waals surface area (Å²) in [7, 11) is 0. The van der Waals surface area contributed by atoms with Crippen LogP contribution in [0.5, 0.6) is 11.5 Å². The van der Waals surface area contributed by atoms with E-state index in [0.717, 1.165) is 31.5 Å². The van der Waals surface area contributed by atoms with Gasteiger partial charge in [0.15, 0.2) is 11.5 Å². The second-order valence-electron chi connectivity index (χ2n) is 8.99. The largest absolute Gasteiger partial charge is 0.486 e. The van der Waals surface area contributed by atoms with Crippen molar-refractivity contribution in [3.05, 3.63) is 58.0 Å². The van der Waals surface area contributed by atoms with Crippen LogP contribution in [0.4, 0.5) is 9.18 Å². The first-order valence-corrected chi connectivity index (χ1v) is 12.0. The Hall–Kier alpha value is -3.73. The number of fused-ring (bicyclic) bond motifs is 2. The van der Waals surface area contributed by atoms with Crippen LogP contribution in [0.1, 0.15) is 24.1 Å². The number of aromatic nitrogens is 3. The molecule has 10 nitrogen and oxygen atoms in total. The summed E-state index contributed by atoms with van der Waals surface area (Å²) >= 11 is 0. The van der Waals surface area contributed by atoms with E-state index in [0.29, 0.717) is 54.5 Å². The molecule has 190 valence electrons. The predicted octanol–water partition coefficient (Wildman–Crippen LogP) is 2.40. The van der Waals surface area contributed by atoms with Crippen molar-refractivity contribution in [2.75, 3.05) is 32.8 Å². The maximum absolute atomic E-state index is 13.8. The molecule has 0 aliphatic carbocycles. The number of amides is 1. The molecule has 3 aromatic heterocycles. The molecular formula is C25H28FN5O5. The summed E-state index contributed by atoms with van der Waals surface area (Å²) in [6.07, 6.45) is 3.77. The quantitative estimate of drug-likeness (QED) is 0.553. The van der Waals surface area contributed by atoms with Crippen LogP contribution in [0.25, 0.3) is 11.0 Å². The molecule has 0 saturated carbocycles. The zero-order valence-corrected chi connectivity index (χ0v) is 20.0. The number of rotatable bonds is 6. The Morgan fingerprint density at radius 2 is 1.89 bits per heavy atom. The molecule has 5 heterocycles. The number of carbonyl (C=O) groups is 1. The van der Waals surface area contributed by atoms with Gasteiger partial charge >= 0.3 is 6.09 Å². The van der Waals surface area contributed by atoms with E-state index >= 15 is 0 Å². The SMILES string of the molecule is Cc1cc(=O)n(CCN2CCC(NC(=O)OCc3cc4c(cn3)OCCO4)CC2)c2cc(F)cnc12. The lowest BCUT2D eigenvalue weighted by molar-refractivity contribution is 0.124. The zero-order valence-electron chi connectivity index (χ0n) is 20.0. The minimum atomic E-state index is -0.489. The lowest BCUT2D eigenvalue weighted by atomic mass is 10.1. The molecule has 0 atom stereocenters. The fourth-order valence-electron chi connectivity index (χ4n) is 4.58. The van der Waals surface area contributed by atoms with Crippen LogP contribution >= 0.6 is 0 Å². The average Bonchev–Trinajstić information content (AvgIpc) is 2.88. The van der Waals surface area contributed by atoms with Crippen molar-refractivity contribution in [1.82, 2.24) is 24.8 Å². The maximum atomic E-state index is 13.8. The van der Waals surface area contributed by atoms with Crippen LogP contribution in [0.15, 0.2) is 35.4 Å². The Labute approximate surface area is 207 Å². The number of nitrogens with one attached hydrogen (secondary N) is 1. The second kappa shape index (κ2) is 10.5. The normalized spacial score (nSPS) is 16.2. The molecule has 2 aliphatic rings. The summed E-state index contributed by atoms with van der Waals surface area (Å²) in [5, 5.41) is 2.91. The van der Waals surface area contributed by atoms with Crippen LogP contribution in [0, 0.1) is 12.7 Å². The number of likely N-dealkylation sites (tertiary alicyclic amines) is 1. The van der Waals surface area contributed by atoms with Gasteiger partial charge in [-0.15, -0.1) is 0 Å². The van der Waals surface area contributed by atoms with Crippen molar-refractivity contribution < 1.29 is 23.4 Å². The molecule has 1 saturated heterocycles. The lowest BCUT2D eigenvalue weighted by Crippen LogP contribution is -2.45. The van der Waals surface area contributed by atoms with Crippen molar-refractivity contribution in [3.63, 3.8) is 0 Å². The first-order valence-electron chi connectivity index (χ1n) is 12.0. The predicted molar refractivity (Wildman–Crippen MR) is 129 cm³/mol. The lowest BCUT2D eigenvalue weighted by Gasteiger charge is -2.32. The van der Waals surface area contributed by atoms with E-state index in [9.17, 15) is 14.0 Å². The molecule has 0 bridgehead atoms. The summed E-state index contributed by atoms with van der Waals surface area (Å²) in [5.41, 5.74) is 2.28. The summed E-state index contributed by atoms with van der Waals surface area (Å²) in [5.74, 6) is 0.722. The molecule has 2 aliphatic heterocycles. The van der Waals surface area contributed by atoms with Crippen LogP contribution in [0.3, 0.4) is 0 Å². The Morgan fingerprint density at radius 3 is 2.69 bits per heavy atom. The van der Waals surface area contributed by atoms with Gasteiger partial charge in [-0.1, -0.05) is 0 Å². The van der Waals surface area contributed by atoms with Crippen molar-refractivity contribution in [2.24, 2.45) is 0 Å². The number of alkyl carbamates (subject to hydrolysis) is 1. The molecule has 3 aromatic rings. The zero-order chi connectivity index (χ0) is 25.1. The maximum Gasteiger partial charge on any atom is 0.407 e. The van der Waals surface area contributed by atoms with Gasteiger partial charge in [-0.25, -0.2) is 9.18 Å². The molecule has 36 heavy (non-hydrogen) atoms. The van der Waals surface area contributed by atoms with Crippen LogP contribution in [-0.4, -0.2) is 64.4 Å². The number of aryl methyl sites for hydroxylation is 1. The van der Waals surface area contributed by atoms with E-state index in [-0.39, 0.29) is 18.2 Å². The summed E-state index contributed by atoms with van der Waals surface area (Å²) < 4.78 is 31.7. The highest BCUT2D eigenvalue weighted by Crippen LogP contribution is 2.29. The fourth-order valence-corrected chi connectivity index (χ4v) is 4.58. The van der Waals surface area contributed by atoms with Crippen molar-refractivity contribution in [1.29, 1.82) is 0 Å². The Balaban J connectivity index is 1.09. The van der Waals surface area contributed by atoms with E-state index in [4.69, 9.17) is 14.2 Å².